The van der Waals surface area contributed by atoms with Crippen LogP contribution in [-0.2, 0) is 19.4 Å². The Morgan fingerprint density at radius 1 is 1.28 bits per heavy atom. The highest BCUT2D eigenvalue weighted by molar-refractivity contribution is 7.09. The zero-order valence-electron chi connectivity index (χ0n) is 10.8. The number of hydrogen-bond acceptors (Lipinski definition) is 5. The number of thiophene rings is 1. The monoisotopic (exact) mass is 265 g/mol. The molecule has 0 saturated carbocycles. The molecule has 2 aromatic rings. The second-order valence-corrected chi connectivity index (χ2v) is 5.59. The normalized spacial score (nSPS) is 11.3. The third-order valence-electron chi connectivity index (χ3n) is 2.56. The van der Waals surface area contributed by atoms with Crippen LogP contribution in [0.5, 0.6) is 0 Å². The van der Waals surface area contributed by atoms with E-state index in [0.717, 1.165) is 25.2 Å². The lowest BCUT2D eigenvalue weighted by molar-refractivity contribution is 0.418. The molecule has 4 nitrogen and oxygen atoms in total. The van der Waals surface area contributed by atoms with Crippen molar-refractivity contribution in [3.8, 4) is 0 Å². The number of aryl methyl sites for hydroxylation is 2. The molecule has 0 unspecified atom stereocenters. The number of hydrogen-bond donors (Lipinski definition) is 1. The van der Waals surface area contributed by atoms with Crippen molar-refractivity contribution >= 4 is 11.3 Å². The topological polar surface area (TPSA) is 51.0 Å². The first-order valence-corrected chi connectivity index (χ1v) is 7.19. The van der Waals surface area contributed by atoms with Crippen molar-refractivity contribution in [1.82, 2.24) is 15.5 Å². The maximum atomic E-state index is 5.57. The largest absolute Gasteiger partial charge is 0.424 e. The molecule has 0 bridgehead atoms. The van der Waals surface area contributed by atoms with E-state index in [4.69, 9.17) is 4.42 Å². The summed E-state index contributed by atoms with van der Waals surface area (Å²) in [4.78, 5) is 1.41. The Morgan fingerprint density at radius 3 is 2.83 bits per heavy atom. The minimum atomic E-state index is 0.430. The minimum Gasteiger partial charge on any atom is -0.424 e. The predicted molar refractivity (Wildman–Crippen MR) is 72.6 cm³/mol. The average molecular weight is 265 g/mol. The summed E-state index contributed by atoms with van der Waals surface area (Å²) in [5, 5.41) is 13.5. The highest BCUT2D eigenvalue weighted by atomic mass is 32.1. The van der Waals surface area contributed by atoms with E-state index in [1.807, 2.05) is 0 Å². The Bertz CT molecular complexity index is 451. The Morgan fingerprint density at radius 2 is 2.11 bits per heavy atom. The summed E-state index contributed by atoms with van der Waals surface area (Å²) >= 11 is 1.80. The summed E-state index contributed by atoms with van der Waals surface area (Å²) in [6.45, 7) is 4.84. The van der Waals surface area contributed by atoms with Crippen molar-refractivity contribution in [3.63, 3.8) is 0 Å². The number of nitrogens with zero attached hydrogens (tertiary/aromatic N) is 2. The first kappa shape index (κ1) is 13.2. The van der Waals surface area contributed by atoms with Crippen LogP contribution < -0.4 is 5.32 Å². The summed E-state index contributed by atoms with van der Waals surface area (Å²) < 4.78 is 5.57. The summed E-state index contributed by atoms with van der Waals surface area (Å²) in [6.07, 6.45) is 2.99. The van der Waals surface area contributed by atoms with Gasteiger partial charge in [0.15, 0.2) is 0 Å². The van der Waals surface area contributed by atoms with E-state index >= 15 is 0 Å². The highest BCUT2D eigenvalue weighted by Gasteiger charge is 2.06. The third-order valence-corrected chi connectivity index (χ3v) is 3.50. The molecule has 2 aromatic heterocycles. The van der Waals surface area contributed by atoms with Crippen molar-refractivity contribution in [3.05, 3.63) is 34.2 Å². The molecule has 2 heterocycles. The van der Waals surface area contributed by atoms with Crippen LogP contribution in [0.25, 0.3) is 0 Å². The predicted octanol–water partition coefficient (Wildman–Crippen LogP) is 2.80. The summed E-state index contributed by atoms with van der Waals surface area (Å²) in [6, 6.07) is 4.68. The lowest BCUT2D eigenvalue weighted by Gasteiger charge is -2.03. The van der Waals surface area contributed by atoms with Gasteiger partial charge in [0.05, 0.1) is 6.54 Å². The van der Waals surface area contributed by atoms with Crippen LogP contribution in [0.15, 0.2) is 21.9 Å². The van der Waals surface area contributed by atoms with Gasteiger partial charge in [0, 0.05) is 17.3 Å². The van der Waals surface area contributed by atoms with Crippen LogP contribution in [-0.4, -0.2) is 16.2 Å². The molecule has 0 aliphatic rings. The molecule has 0 aromatic carbocycles. The van der Waals surface area contributed by atoms with E-state index in [2.05, 4.69) is 46.9 Å². The van der Waals surface area contributed by atoms with Gasteiger partial charge in [-0.25, -0.2) is 0 Å². The number of rotatable bonds is 7. The Balaban J connectivity index is 1.73. The fourth-order valence-electron chi connectivity index (χ4n) is 1.62. The molecular weight excluding hydrogens is 246 g/mol. The molecule has 0 aliphatic heterocycles. The zero-order chi connectivity index (χ0) is 12.8. The maximum Gasteiger partial charge on any atom is 0.230 e. The Hall–Kier alpha value is -1.20. The van der Waals surface area contributed by atoms with Gasteiger partial charge in [-0.2, -0.15) is 0 Å². The van der Waals surface area contributed by atoms with Crippen LogP contribution in [0.1, 0.15) is 36.9 Å². The average Bonchev–Trinajstić information content (AvgIpc) is 2.97. The fourth-order valence-corrected chi connectivity index (χ4v) is 2.37. The Kier molecular flexibility index (Phi) is 4.90. The molecule has 0 amide bonds. The quantitative estimate of drug-likeness (QED) is 0.836. The Labute approximate surface area is 111 Å². The zero-order valence-corrected chi connectivity index (χ0v) is 11.7. The van der Waals surface area contributed by atoms with E-state index in [1.54, 1.807) is 11.3 Å². The molecule has 5 heteroatoms. The molecule has 2 rings (SSSR count). The van der Waals surface area contributed by atoms with Crippen molar-refractivity contribution in [2.24, 2.45) is 0 Å². The molecule has 0 spiro atoms. The van der Waals surface area contributed by atoms with Crippen LogP contribution in [0.2, 0.25) is 0 Å². The van der Waals surface area contributed by atoms with Crippen molar-refractivity contribution < 1.29 is 4.42 Å². The van der Waals surface area contributed by atoms with Gasteiger partial charge >= 0.3 is 0 Å². The maximum absolute atomic E-state index is 5.57. The second-order valence-electron chi connectivity index (χ2n) is 4.56. The smallest absolute Gasteiger partial charge is 0.230 e. The van der Waals surface area contributed by atoms with Gasteiger partial charge in [0.2, 0.25) is 11.8 Å². The molecule has 0 fully saturated rings. The standard InChI is InChI=1S/C13H19N3OS/c1-10(2)14-9-13-16-15-12(17-13)7-3-5-11-6-4-8-18-11/h4,6,8,10,14H,3,5,7,9H2,1-2H3. The van der Waals surface area contributed by atoms with Gasteiger partial charge in [-0.1, -0.05) is 19.9 Å². The van der Waals surface area contributed by atoms with Gasteiger partial charge in [-0.3, -0.25) is 0 Å². The summed E-state index contributed by atoms with van der Waals surface area (Å²) in [7, 11) is 0. The van der Waals surface area contributed by atoms with E-state index in [9.17, 15) is 0 Å². The minimum absolute atomic E-state index is 0.430. The molecule has 0 saturated heterocycles. The molecule has 98 valence electrons. The van der Waals surface area contributed by atoms with E-state index < -0.39 is 0 Å². The van der Waals surface area contributed by atoms with Crippen LogP contribution >= 0.6 is 11.3 Å². The van der Waals surface area contributed by atoms with Gasteiger partial charge in [-0.05, 0) is 24.3 Å². The first-order chi connectivity index (χ1) is 8.74. The molecule has 18 heavy (non-hydrogen) atoms. The number of aromatic nitrogens is 2. The molecule has 0 atom stereocenters. The van der Waals surface area contributed by atoms with Crippen molar-refractivity contribution in [2.45, 2.75) is 45.7 Å². The lowest BCUT2D eigenvalue weighted by atomic mass is 10.2. The highest BCUT2D eigenvalue weighted by Crippen LogP contribution is 2.12. The summed E-state index contributed by atoms with van der Waals surface area (Å²) in [5.74, 6) is 1.42. The van der Waals surface area contributed by atoms with E-state index in [0.29, 0.717) is 18.5 Å². The van der Waals surface area contributed by atoms with Crippen molar-refractivity contribution in [2.75, 3.05) is 0 Å². The molecule has 0 radical (unpaired) electrons. The molecular formula is C13H19N3OS. The van der Waals surface area contributed by atoms with Gasteiger partial charge in [0.25, 0.3) is 0 Å². The third kappa shape index (κ3) is 4.23. The van der Waals surface area contributed by atoms with E-state index in [-0.39, 0.29) is 0 Å². The van der Waals surface area contributed by atoms with Gasteiger partial charge < -0.3 is 9.73 Å². The van der Waals surface area contributed by atoms with Crippen LogP contribution in [0, 0.1) is 0 Å². The summed E-state index contributed by atoms with van der Waals surface area (Å²) in [5.41, 5.74) is 0. The number of nitrogens with one attached hydrogen (secondary N) is 1. The van der Waals surface area contributed by atoms with Gasteiger partial charge in [-0.15, -0.1) is 21.5 Å². The van der Waals surface area contributed by atoms with Crippen molar-refractivity contribution in [1.29, 1.82) is 0 Å². The second kappa shape index (κ2) is 6.66. The lowest BCUT2D eigenvalue weighted by Crippen LogP contribution is -2.21. The molecule has 1 N–H and O–H groups in total. The fraction of sp³-hybridized carbons (Fsp3) is 0.538. The first-order valence-electron chi connectivity index (χ1n) is 6.31. The van der Waals surface area contributed by atoms with Crippen LogP contribution in [0.3, 0.4) is 0 Å². The van der Waals surface area contributed by atoms with E-state index in [1.165, 1.54) is 4.88 Å². The van der Waals surface area contributed by atoms with Crippen LogP contribution in [0.4, 0.5) is 0 Å². The molecule has 0 aliphatic carbocycles. The van der Waals surface area contributed by atoms with Gasteiger partial charge in [0.1, 0.15) is 0 Å². The SMILES string of the molecule is CC(C)NCc1nnc(CCCc2cccs2)o1.